The highest BCUT2D eigenvalue weighted by atomic mass is 15.2. The number of aryl methyl sites for hydroxylation is 2. The number of nitrogens with zero attached hydrogens (tertiary/aromatic N) is 4. The van der Waals surface area contributed by atoms with E-state index in [-0.39, 0.29) is 1.43 Å². The molecule has 168 valence electrons. The van der Waals surface area contributed by atoms with Gasteiger partial charge in [-0.05, 0) is 81.9 Å². The summed E-state index contributed by atoms with van der Waals surface area (Å²) in [7, 11) is 2.23. The van der Waals surface area contributed by atoms with Gasteiger partial charge in [-0.3, -0.25) is 9.88 Å². The second kappa shape index (κ2) is 10.4. The molecule has 5 heteroatoms. The van der Waals surface area contributed by atoms with Gasteiger partial charge in [-0.1, -0.05) is 32.0 Å². The van der Waals surface area contributed by atoms with Crippen LogP contribution in [0.15, 0.2) is 42.6 Å². The van der Waals surface area contributed by atoms with Crippen LogP contribution in [0.2, 0.25) is 0 Å². The first-order valence-corrected chi connectivity index (χ1v) is 11.9. The molecule has 0 saturated heterocycles. The van der Waals surface area contributed by atoms with Gasteiger partial charge in [0.25, 0.3) is 0 Å². The van der Waals surface area contributed by atoms with E-state index >= 15 is 0 Å². The highest BCUT2D eigenvalue weighted by molar-refractivity contribution is 5.75. The Bertz CT molecular complexity index is 983. The van der Waals surface area contributed by atoms with Crippen molar-refractivity contribution >= 4 is 11.0 Å². The molecule has 31 heavy (non-hydrogen) atoms. The van der Waals surface area contributed by atoms with Crippen LogP contribution in [0, 0.1) is 5.92 Å². The molecule has 0 bridgehead atoms. The average Bonchev–Trinajstić information content (AvgIpc) is 3.12. The molecule has 1 aliphatic rings. The lowest BCUT2D eigenvalue weighted by molar-refractivity contribution is 0.201. The van der Waals surface area contributed by atoms with Crippen molar-refractivity contribution in [2.24, 2.45) is 5.92 Å². The standard InChI is InChI=1S/C26H37N5.H2/c1-20(2)14-17-27-15-8-18-31-23-12-5-4-11-22(23)29-25(31)19-30(3)24-13-6-9-21-10-7-16-28-26(21)24;/h4-5,7,10-12,16,20,24,27H,6,8-9,13-15,17-19H2,1-3H3;1H. The molecule has 0 amide bonds. The Morgan fingerprint density at radius 1 is 1.19 bits per heavy atom. The molecule has 0 radical (unpaired) electrons. The third kappa shape index (κ3) is 5.34. The smallest absolute Gasteiger partial charge is 0.124 e. The third-order valence-electron chi connectivity index (χ3n) is 6.46. The van der Waals surface area contributed by atoms with Crippen molar-refractivity contribution in [2.75, 3.05) is 20.1 Å². The van der Waals surface area contributed by atoms with Crippen LogP contribution < -0.4 is 5.32 Å². The summed E-state index contributed by atoms with van der Waals surface area (Å²) >= 11 is 0. The van der Waals surface area contributed by atoms with Crippen LogP contribution in [0.1, 0.15) is 64.1 Å². The zero-order chi connectivity index (χ0) is 21.6. The lowest BCUT2D eigenvalue weighted by Crippen LogP contribution is -2.29. The third-order valence-corrected chi connectivity index (χ3v) is 6.46. The van der Waals surface area contributed by atoms with Crippen molar-refractivity contribution in [3.05, 3.63) is 59.7 Å². The fraction of sp³-hybridized carbons (Fsp3) is 0.538. The van der Waals surface area contributed by atoms with Gasteiger partial charge in [0.05, 0.1) is 29.3 Å². The Hall–Kier alpha value is -2.24. The van der Waals surface area contributed by atoms with E-state index in [4.69, 9.17) is 9.97 Å². The van der Waals surface area contributed by atoms with Crippen molar-refractivity contribution in [1.29, 1.82) is 0 Å². The van der Waals surface area contributed by atoms with Crippen LogP contribution >= 0.6 is 0 Å². The predicted molar refractivity (Wildman–Crippen MR) is 130 cm³/mol. The molecule has 1 atom stereocenters. The Balaban J connectivity index is 0.00000289. The Morgan fingerprint density at radius 3 is 2.94 bits per heavy atom. The minimum atomic E-state index is 0. The Morgan fingerprint density at radius 2 is 2.06 bits per heavy atom. The van der Waals surface area contributed by atoms with E-state index in [9.17, 15) is 0 Å². The number of para-hydroxylation sites is 2. The summed E-state index contributed by atoms with van der Waals surface area (Å²) in [5, 5.41) is 3.60. The van der Waals surface area contributed by atoms with E-state index in [2.05, 4.69) is 72.1 Å². The van der Waals surface area contributed by atoms with E-state index in [0.29, 0.717) is 6.04 Å². The topological polar surface area (TPSA) is 46.0 Å². The monoisotopic (exact) mass is 421 g/mol. The van der Waals surface area contributed by atoms with Gasteiger partial charge in [0.1, 0.15) is 5.82 Å². The van der Waals surface area contributed by atoms with E-state index in [1.165, 1.54) is 36.0 Å². The minimum absolute atomic E-state index is 0. The minimum Gasteiger partial charge on any atom is -0.327 e. The summed E-state index contributed by atoms with van der Waals surface area (Å²) < 4.78 is 2.43. The first-order valence-electron chi connectivity index (χ1n) is 11.9. The molecule has 2 heterocycles. The quantitative estimate of drug-likeness (QED) is 0.456. The molecule has 1 N–H and O–H groups in total. The number of hydrogen-bond donors (Lipinski definition) is 1. The fourth-order valence-corrected chi connectivity index (χ4v) is 4.72. The molecule has 1 unspecified atom stereocenters. The molecule has 3 aromatic rings. The largest absolute Gasteiger partial charge is 0.327 e. The van der Waals surface area contributed by atoms with Crippen molar-refractivity contribution in [3.63, 3.8) is 0 Å². The Kier molecular flexibility index (Phi) is 7.36. The number of pyridine rings is 1. The molecular weight excluding hydrogens is 382 g/mol. The molecule has 0 fully saturated rings. The molecule has 1 aliphatic carbocycles. The summed E-state index contributed by atoms with van der Waals surface area (Å²) in [5.41, 5.74) is 5.01. The van der Waals surface area contributed by atoms with Gasteiger partial charge in [-0.15, -0.1) is 0 Å². The normalized spacial score (nSPS) is 16.4. The maximum atomic E-state index is 5.02. The highest BCUT2D eigenvalue weighted by Gasteiger charge is 2.26. The average molecular weight is 422 g/mol. The van der Waals surface area contributed by atoms with Crippen LogP contribution in [0.4, 0.5) is 0 Å². The van der Waals surface area contributed by atoms with Gasteiger partial charge < -0.3 is 9.88 Å². The van der Waals surface area contributed by atoms with Gasteiger partial charge >= 0.3 is 0 Å². The van der Waals surface area contributed by atoms with E-state index in [1.54, 1.807) is 0 Å². The molecule has 0 spiro atoms. The molecule has 5 nitrogen and oxygen atoms in total. The maximum Gasteiger partial charge on any atom is 0.124 e. The second-order valence-electron chi connectivity index (χ2n) is 9.33. The van der Waals surface area contributed by atoms with E-state index < -0.39 is 0 Å². The molecule has 1 aromatic carbocycles. The summed E-state index contributed by atoms with van der Waals surface area (Å²) in [6, 6.07) is 13.2. The van der Waals surface area contributed by atoms with Crippen molar-refractivity contribution in [1.82, 2.24) is 24.8 Å². The number of imidazole rings is 1. The van der Waals surface area contributed by atoms with Gasteiger partial charge in [-0.2, -0.15) is 0 Å². The predicted octanol–water partition coefficient (Wildman–Crippen LogP) is 5.21. The number of aromatic nitrogens is 3. The van der Waals surface area contributed by atoms with Crippen molar-refractivity contribution in [2.45, 2.75) is 65.1 Å². The number of benzene rings is 1. The first kappa shape index (κ1) is 22.0. The number of fused-ring (bicyclic) bond motifs is 2. The van der Waals surface area contributed by atoms with Gasteiger partial charge in [-0.25, -0.2) is 4.98 Å². The maximum absolute atomic E-state index is 5.02. The summed E-state index contributed by atoms with van der Waals surface area (Å²) in [6.07, 6.45) is 7.83. The molecular formula is C26H39N5. The van der Waals surface area contributed by atoms with Crippen LogP contribution in [0.25, 0.3) is 11.0 Å². The SMILES string of the molecule is CC(C)CCNCCCn1c(CN(C)C2CCCc3cccnc32)nc2ccccc21.[HH]. The number of hydrogen-bond acceptors (Lipinski definition) is 4. The molecule has 4 rings (SSSR count). The number of nitrogens with one attached hydrogen (secondary N) is 1. The first-order chi connectivity index (χ1) is 15.1. The van der Waals surface area contributed by atoms with Crippen LogP contribution in [-0.2, 0) is 19.5 Å². The zero-order valence-electron chi connectivity index (χ0n) is 19.3. The van der Waals surface area contributed by atoms with Crippen molar-refractivity contribution < 1.29 is 1.43 Å². The van der Waals surface area contributed by atoms with Gasteiger partial charge in [0, 0.05) is 14.2 Å². The summed E-state index contributed by atoms with van der Waals surface area (Å²) in [6.45, 7) is 8.55. The van der Waals surface area contributed by atoms with E-state index in [1.807, 2.05) is 6.20 Å². The zero-order valence-corrected chi connectivity index (χ0v) is 19.3. The van der Waals surface area contributed by atoms with Crippen LogP contribution in [0.3, 0.4) is 0 Å². The van der Waals surface area contributed by atoms with Gasteiger partial charge in [0.15, 0.2) is 0 Å². The molecule has 0 saturated carbocycles. The van der Waals surface area contributed by atoms with Crippen molar-refractivity contribution in [3.8, 4) is 0 Å². The second-order valence-corrected chi connectivity index (χ2v) is 9.33. The summed E-state index contributed by atoms with van der Waals surface area (Å²) in [5.74, 6) is 1.92. The fourth-order valence-electron chi connectivity index (χ4n) is 4.72. The number of rotatable bonds is 10. The highest BCUT2D eigenvalue weighted by Crippen LogP contribution is 2.33. The molecule has 0 aliphatic heterocycles. The van der Waals surface area contributed by atoms with E-state index in [0.717, 1.165) is 56.3 Å². The van der Waals surface area contributed by atoms with Gasteiger partial charge in [0.2, 0.25) is 0 Å². The Labute approximate surface area is 188 Å². The van der Waals surface area contributed by atoms with Crippen LogP contribution in [-0.4, -0.2) is 39.6 Å². The van der Waals surface area contributed by atoms with Crippen LogP contribution in [0.5, 0.6) is 0 Å². The summed E-state index contributed by atoms with van der Waals surface area (Å²) in [4.78, 5) is 12.2. The molecule has 2 aromatic heterocycles. The lowest BCUT2D eigenvalue weighted by Gasteiger charge is -2.32. The lowest BCUT2D eigenvalue weighted by atomic mass is 9.91.